The molecule has 0 saturated heterocycles. The van der Waals surface area contributed by atoms with E-state index in [1.54, 1.807) is 38.5 Å². The van der Waals surface area contributed by atoms with Crippen LogP contribution in [0.1, 0.15) is 12.0 Å². The van der Waals surface area contributed by atoms with Crippen LogP contribution in [-0.4, -0.2) is 32.7 Å². The molecule has 0 unspecified atom stereocenters. The van der Waals surface area contributed by atoms with E-state index in [9.17, 15) is 4.79 Å². The lowest BCUT2D eigenvalue weighted by Gasteiger charge is -2.07. The number of benzene rings is 2. The molecule has 0 bridgehead atoms. The first kappa shape index (κ1) is 17.5. The maximum atomic E-state index is 12.0. The van der Waals surface area contributed by atoms with Gasteiger partial charge in [0.05, 0.1) is 27.2 Å². The van der Waals surface area contributed by atoms with E-state index in [-0.39, 0.29) is 5.70 Å². The summed E-state index contributed by atoms with van der Waals surface area (Å²) in [7, 11) is 3.13. The lowest BCUT2D eigenvalue weighted by atomic mass is 10.1. The van der Waals surface area contributed by atoms with Crippen molar-refractivity contribution < 1.29 is 23.7 Å². The van der Waals surface area contributed by atoms with Crippen LogP contribution in [0, 0.1) is 0 Å². The van der Waals surface area contributed by atoms with Crippen LogP contribution in [-0.2, 0) is 9.53 Å². The van der Waals surface area contributed by atoms with Crippen molar-refractivity contribution in [3.05, 3.63) is 59.8 Å². The molecule has 0 N–H and O–H groups in total. The van der Waals surface area contributed by atoms with Crippen molar-refractivity contribution in [2.75, 3.05) is 20.8 Å². The molecule has 0 atom stereocenters. The van der Waals surface area contributed by atoms with E-state index < -0.39 is 5.97 Å². The summed E-state index contributed by atoms with van der Waals surface area (Å²) in [6, 6.07) is 14.8. The predicted molar refractivity (Wildman–Crippen MR) is 97.6 cm³/mol. The highest BCUT2D eigenvalue weighted by Crippen LogP contribution is 2.28. The third-order valence-electron chi connectivity index (χ3n) is 3.73. The standard InChI is InChI=1S/C20H19NO5/c1-23-16-9-8-14(18(13-16)24-2)12-17-20(22)26-19(21-17)10-11-25-15-6-4-3-5-7-15/h3-9,12-13H,10-11H2,1-2H3/b17-12+. The quantitative estimate of drug-likeness (QED) is 0.563. The summed E-state index contributed by atoms with van der Waals surface area (Å²) in [5, 5.41) is 0. The Balaban J connectivity index is 1.68. The van der Waals surface area contributed by atoms with Gasteiger partial charge in [0.2, 0.25) is 5.90 Å². The van der Waals surface area contributed by atoms with E-state index in [1.807, 2.05) is 30.3 Å². The molecular weight excluding hydrogens is 334 g/mol. The lowest BCUT2D eigenvalue weighted by Crippen LogP contribution is -2.08. The van der Waals surface area contributed by atoms with Gasteiger partial charge >= 0.3 is 5.97 Å². The Labute approximate surface area is 151 Å². The van der Waals surface area contributed by atoms with E-state index >= 15 is 0 Å². The molecule has 0 fully saturated rings. The molecule has 0 spiro atoms. The minimum atomic E-state index is -0.488. The van der Waals surface area contributed by atoms with Gasteiger partial charge in [0.25, 0.3) is 0 Å². The van der Waals surface area contributed by atoms with Crippen molar-refractivity contribution in [3.8, 4) is 17.2 Å². The zero-order valence-electron chi connectivity index (χ0n) is 14.6. The number of nitrogens with zero attached hydrogens (tertiary/aromatic N) is 1. The summed E-state index contributed by atoms with van der Waals surface area (Å²) >= 11 is 0. The molecular formula is C20H19NO5. The Bertz CT molecular complexity index is 843. The van der Waals surface area contributed by atoms with Crippen molar-refractivity contribution in [2.24, 2.45) is 4.99 Å². The van der Waals surface area contributed by atoms with Gasteiger partial charge in [-0.25, -0.2) is 9.79 Å². The average Bonchev–Trinajstić information content (AvgIpc) is 3.02. The van der Waals surface area contributed by atoms with Gasteiger partial charge < -0.3 is 18.9 Å². The van der Waals surface area contributed by atoms with Crippen LogP contribution in [0.25, 0.3) is 6.08 Å². The van der Waals surface area contributed by atoms with E-state index in [2.05, 4.69) is 4.99 Å². The first-order valence-electron chi connectivity index (χ1n) is 8.11. The molecule has 6 heteroatoms. The highest BCUT2D eigenvalue weighted by atomic mass is 16.6. The third kappa shape index (κ3) is 4.22. The van der Waals surface area contributed by atoms with Crippen molar-refractivity contribution >= 4 is 17.9 Å². The maximum absolute atomic E-state index is 12.0. The van der Waals surface area contributed by atoms with Crippen molar-refractivity contribution in [3.63, 3.8) is 0 Å². The van der Waals surface area contributed by atoms with Crippen molar-refractivity contribution in [2.45, 2.75) is 6.42 Å². The maximum Gasteiger partial charge on any atom is 0.363 e. The summed E-state index contributed by atoms with van der Waals surface area (Å²) in [6.07, 6.45) is 2.03. The molecule has 0 aromatic heterocycles. The number of cyclic esters (lactones) is 1. The summed E-state index contributed by atoms with van der Waals surface area (Å²) in [5.74, 6) is 1.86. The smallest absolute Gasteiger partial charge is 0.363 e. The summed E-state index contributed by atoms with van der Waals surface area (Å²) in [5.41, 5.74) is 0.939. The second-order valence-corrected chi connectivity index (χ2v) is 5.44. The molecule has 0 aliphatic carbocycles. The monoisotopic (exact) mass is 353 g/mol. The second kappa shape index (κ2) is 8.20. The fourth-order valence-corrected chi connectivity index (χ4v) is 2.42. The minimum absolute atomic E-state index is 0.225. The summed E-state index contributed by atoms with van der Waals surface area (Å²) < 4.78 is 21.3. The van der Waals surface area contributed by atoms with Gasteiger partial charge in [-0.05, 0) is 30.3 Å². The Morgan fingerprint density at radius 3 is 2.58 bits per heavy atom. The topological polar surface area (TPSA) is 66.3 Å². The summed E-state index contributed by atoms with van der Waals surface area (Å²) in [6.45, 7) is 0.370. The van der Waals surface area contributed by atoms with Gasteiger partial charge in [0, 0.05) is 11.6 Å². The van der Waals surface area contributed by atoms with Crippen LogP contribution < -0.4 is 14.2 Å². The SMILES string of the molecule is COc1ccc(/C=C2/N=C(CCOc3ccccc3)OC2=O)c(OC)c1. The van der Waals surface area contributed by atoms with Crippen molar-refractivity contribution in [1.29, 1.82) is 0 Å². The van der Waals surface area contributed by atoms with E-state index in [0.29, 0.717) is 36.0 Å². The molecule has 1 aliphatic heterocycles. The Morgan fingerprint density at radius 2 is 1.85 bits per heavy atom. The number of methoxy groups -OCH3 is 2. The molecule has 0 radical (unpaired) electrons. The molecule has 26 heavy (non-hydrogen) atoms. The van der Waals surface area contributed by atoms with Gasteiger partial charge in [-0.15, -0.1) is 0 Å². The van der Waals surface area contributed by atoms with E-state index in [4.69, 9.17) is 18.9 Å². The van der Waals surface area contributed by atoms with Crippen LogP contribution in [0.4, 0.5) is 0 Å². The number of ether oxygens (including phenoxy) is 4. The highest BCUT2D eigenvalue weighted by Gasteiger charge is 2.23. The molecule has 1 heterocycles. The fourth-order valence-electron chi connectivity index (χ4n) is 2.42. The number of carbonyl (C=O) groups is 1. The van der Waals surface area contributed by atoms with Crippen LogP contribution >= 0.6 is 0 Å². The Morgan fingerprint density at radius 1 is 1.04 bits per heavy atom. The molecule has 3 rings (SSSR count). The Kier molecular flexibility index (Phi) is 5.53. The average molecular weight is 353 g/mol. The zero-order chi connectivity index (χ0) is 18.4. The number of para-hydroxylation sites is 1. The Hall–Kier alpha value is -3.28. The molecule has 2 aromatic carbocycles. The summed E-state index contributed by atoms with van der Waals surface area (Å²) in [4.78, 5) is 16.3. The molecule has 0 amide bonds. The number of rotatable bonds is 7. The van der Waals surface area contributed by atoms with Gasteiger partial charge in [0.1, 0.15) is 17.2 Å². The number of hydrogen-bond acceptors (Lipinski definition) is 6. The van der Waals surface area contributed by atoms with Crippen molar-refractivity contribution in [1.82, 2.24) is 0 Å². The number of esters is 1. The lowest BCUT2D eigenvalue weighted by molar-refractivity contribution is -0.130. The predicted octanol–water partition coefficient (Wildman–Crippen LogP) is 3.47. The van der Waals surface area contributed by atoms with Crippen LogP contribution in [0.3, 0.4) is 0 Å². The van der Waals surface area contributed by atoms with Gasteiger partial charge in [0.15, 0.2) is 5.70 Å². The molecule has 134 valence electrons. The van der Waals surface area contributed by atoms with E-state index in [1.165, 1.54) is 0 Å². The largest absolute Gasteiger partial charge is 0.497 e. The first-order valence-corrected chi connectivity index (χ1v) is 8.11. The van der Waals surface area contributed by atoms with E-state index in [0.717, 1.165) is 5.75 Å². The number of hydrogen-bond donors (Lipinski definition) is 0. The number of aliphatic imine (C=N–C) groups is 1. The second-order valence-electron chi connectivity index (χ2n) is 5.44. The number of carbonyl (C=O) groups excluding carboxylic acids is 1. The van der Waals surface area contributed by atoms with Gasteiger partial charge in [-0.3, -0.25) is 0 Å². The molecule has 0 saturated carbocycles. The highest BCUT2D eigenvalue weighted by molar-refractivity contribution is 6.07. The fraction of sp³-hybridized carbons (Fsp3) is 0.200. The van der Waals surface area contributed by atoms with Gasteiger partial charge in [-0.1, -0.05) is 18.2 Å². The minimum Gasteiger partial charge on any atom is -0.497 e. The normalized spacial score (nSPS) is 14.8. The third-order valence-corrected chi connectivity index (χ3v) is 3.73. The molecule has 6 nitrogen and oxygen atoms in total. The zero-order valence-corrected chi connectivity index (χ0v) is 14.6. The first-order chi connectivity index (χ1) is 12.7. The molecule has 2 aromatic rings. The molecule has 1 aliphatic rings. The van der Waals surface area contributed by atoms with Crippen LogP contribution in [0.2, 0.25) is 0 Å². The van der Waals surface area contributed by atoms with Crippen LogP contribution in [0.5, 0.6) is 17.2 Å². The van der Waals surface area contributed by atoms with Crippen LogP contribution in [0.15, 0.2) is 59.2 Å². The van der Waals surface area contributed by atoms with Gasteiger partial charge in [-0.2, -0.15) is 0 Å².